The fourth-order valence-corrected chi connectivity index (χ4v) is 6.66. The van der Waals surface area contributed by atoms with Gasteiger partial charge in [-0.25, -0.2) is 4.98 Å². The van der Waals surface area contributed by atoms with Crippen LogP contribution < -0.4 is 4.90 Å². The lowest BCUT2D eigenvalue weighted by Crippen LogP contribution is -2.25. The molecule has 0 saturated carbocycles. The first kappa shape index (κ1) is 29.8. The molecule has 0 N–H and O–H groups in total. The molecule has 8 heteroatoms. The van der Waals surface area contributed by atoms with E-state index < -0.39 is 0 Å². The fraction of sp³-hybridized carbons (Fsp3) is 0.342. The summed E-state index contributed by atoms with van der Waals surface area (Å²) >= 11 is 0. The first-order valence-electron chi connectivity index (χ1n) is 16.6. The topological polar surface area (TPSA) is 86.5 Å². The van der Waals surface area contributed by atoms with Crippen LogP contribution in [-0.4, -0.2) is 40.2 Å². The molecule has 0 spiro atoms. The number of pyridine rings is 1. The lowest BCUT2D eigenvalue weighted by atomic mass is 10.0. The summed E-state index contributed by atoms with van der Waals surface area (Å²) in [7, 11) is 0. The minimum Gasteiger partial charge on any atom is -0.466 e. The molecule has 0 saturated heterocycles. The molecule has 3 aromatic carbocycles. The van der Waals surface area contributed by atoms with Crippen LogP contribution in [0.2, 0.25) is 0 Å². The predicted molar refractivity (Wildman–Crippen MR) is 185 cm³/mol. The maximum atomic E-state index is 12.3. The van der Waals surface area contributed by atoms with Gasteiger partial charge in [0.05, 0.1) is 12.1 Å². The zero-order valence-corrected chi connectivity index (χ0v) is 26.8. The highest BCUT2D eigenvalue weighted by molar-refractivity contribution is 6.34. The lowest BCUT2D eigenvalue weighted by molar-refractivity contribution is -0.143. The summed E-state index contributed by atoms with van der Waals surface area (Å²) < 4.78 is 20.9. The molecule has 0 atom stereocenters. The molecule has 0 aliphatic heterocycles. The van der Waals surface area contributed by atoms with Crippen LogP contribution in [0.4, 0.5) is 5.69 Å². The van der Waals surface area contributed by atoms with Crippen molar-refractivity contribution in [2.24, 2.45) is 0 Å². The largest absolute Gasteiger partial charge is 0.466 e. The Labute approximate surface area is 267 Å². The maximum absolute atomic E-state index is 12.3. The molecule has 236 valence electrons. The Kier molecular flexibility index (Phi) is 8.35. The van der Waals surface area contributed by atoms with Gasteiger partial charge in [0.2, 0.25) is 11.5 Å². The van der Waals surface area contributed by atoms with Crippen LogP contribution in [0.1, 0.15) is 59.3 Å². The van der Waals surface area contributed by atoms with Crippen molar-refractivity contribution in [3.8, 4) is 11.5 Å². The highest BCUT2D eigenvalue weighted by Crippen LogP contribution is 2.46. The summed E-state index contributed by atoms with van der Waals surface area (Å²) in [5, 5.41) is 4.28. The van der Waals surface area contributed by atoms with Gasteiger partial charge in [0.25, 0.3) is 0 Å². The summed E-state index contributed by atoms with van der Waals surface area (Å²) in [6, 6.07) is 18.9. The standard InChI is InChI=1S/C38H40N4O4/c1-4-7-21-41(22-8-5-2)26-15-16-28-30(24-26)45-36-33(28)32-27-12-9-10-13-29(27)42(23-11-14-31(43)44-6-3)35(32)34-37(36)46-38(40-34)25-17-19-39-20-18-25/h9-10,12-13,15-20,24H,4-8,11,14,21-23H2,1-3H3. The van der Waals surface area contributed by atoms with Crippen LogP contribution in [0, 0.1) is 0 Å². The van der Waals surface area contributed by atoms with E-state index in [1.54, 1.807) is 12.4 Å². The number of hydrogen-bond acceptors (Lipinski definition) is 7. The van der Waals surface area contributed by atoms with Crippen molar-refractivity contribution in [1.29, 1.82) is 0 Å². The minimum atomic E-state index is -0.180. The van der Waals surface area contributed by atoms with Crippen LogP contribution in [0.5, 0.6) is 0 Å². The third-order valence-corrected chi connectivity index (χ3v) is 8.88. The van der Waals surface area contributed by atoms with Crippen LogP contribution in [0.25, 0.3) is 66.3 Å². The molecule has 4 aromatic heterocycles. The molecule has 0 unspecified atom stereocenters. The second kappa shape index (κ2) is 12.9. The maximum Gasteiger partial charge on any atom is 0.305 e. The highest BCUT2D eigenvalue weighted by atomic mass is 16.5. The third-order valence-electron chi connectivity index (χ3n) is 8.88. The van der Waals surface area contributed by atoms with E-state index in [2.05, 4.69) is 70.8 Å². The van der Waals surface area contributed by atoms with Crippen LogP contribution in [0.15, 0.2) is 75.8 Å². The van der Waals surface area contributed by atoms with Gasteiger partial charge in [-0.2, -0.15) is 0 Å². The molecule has 0 amide bonds. The van der Waals surface area contributed by atoms with Crippen molar-refractivity contribution in [1.82, 2.24) is 14.5 Å². The van der Waals surface area contributed by atoms with Gasteiger partial charge in [0, 0.05) is 82.8 Å². The zero-order valence-electron chi connectivity index (χ0n) is 26.8. The van der Waals surface area contributed by atoms with E-state index in [4.69, 9.17) is 18.6 Å². The number of benzene rings is 3. The second-order valence-electron chi connectivity index (χ2n) is 11.9. The average molecular weight is 617 g/mol. The number of unbranched alkanes of at least 4 members (excludes halogenated alkanes) is 2. The molecule has 0 bridgehead atoms. The Morgan fingerprint density at radius 2 is 1.65 bits per heavy atom. The molecule has 7 aromatic rings. The fourth-order valence-electron chi connectivity index (χ4n) is 6.66. The first-order valence-corrected chi connectivity index (χ1v) is 16.6. The number of anilines is 1. The summed E-state index contributed by atoms with van der Waals surface area (Å²) in [5.41, 5.74) is 6.99. The van der Waals surface area contributed by atoms with Gasteiger partial charge >= 0.3 is 5.97 Å². The second-order valence-corrected chi connectivity index (χ2v) is 11.9. The van der Waals surface area contributed by atoms with E-state index in [9.17, 15) is 4.79 Å². The number of hydrogen-bond donors (Lipinski definition) is 0. The van der Waals surface area contributed by atoms with Gasteiger partial charge in [-0.05, 0) is 56.5 Å². The molecule has 0 fully saturated rings. The Balaban J connectivity index is 1.50. The van der Waals surface area contributed by atoms with Crippen molar-refractivity contribution < 1.29 is 18.4 Å². The molecule has 0 radical (unpaired) electrons. The number of para-hydroxylation sites is 1. The minimum absolute atomic E-state index is 0.180. The Hall–Kier alpha value is -4.85. The Morgan fingerprint density at radius 3 is 2.41 bits per heavy atom. The SMILES string of the molecule is CCCCN(CCCC)c1ccc2c(c1)oc1c3oc(-c4ccncc4)nc3c3c(c4ccccc4n3CCCC(=O)OCC)c21. The molecule has 46 heavy (non-hydrogen) atoms. The number of ether oxygens (including phenoxy) is 1. The Morgan fingerprint density at radius 1 is 0.870 bits per heavy atom. The van der Waals surface area contributed by atoms with Gasteiger partial charge in [-0.3, -0.25) is 9.78 Å². The number of nitrogens with zero attached hydrogens (tertiary/aromatic N) is 4. The molecule has 0 aliphatic carbocycles. The smallest absolute Gasteiger partial charge is 0.305 e. The number of carbonyl (C=O) groups is 1. The number of aromatic nitrogens is 3. The van der Waals surface area contributed by atoms with Gasteiger partial charge in [0.15, 0.2) is 5.58 Å². The summed E-state index contributed by atoms with van der Waals surface area (Å²) in [6.45, 7) is 9.37. The molecule has 4 heterocycles. The summed E-state index contributed by atoms with van der Waals surface area (Å²) in [5.74, 6) is 0.335. The molecule has 0 aliphatic rings. The van der Waals surface area contributed by atoms with Gasteiger partial charge in [-0.1, -0.05) is 44.9 Å². The number of carbonyl (C=O) groups excluding carboxylic acids is 1. The van der Waals surface area contributed by atoms with E-state index in [0.29, 0.717) is 43.1 Å². The van der Waals surface area contributed by atoms with Crippen LogP contribution in [-0.2, 0) is 16.1 Å². The number of rotatable bonds is 13. The Bertz CT molecular complexity index is 2150. The lowest BCUT2D eigenvalue weighted by Gasteiger charge is -2.24. The van der Waals surface area contributed by atoms with E-state index in [1.807, 2.05) is 19.1 Å². The van der Waals surface area contributed by atoms with Crippen molar-refractivity contribution >= 4 is 66.5 Å². The van der Waals surface area contributed by atoms with Crippen molar-refractivity contribution in [2.75, 3.05) is 24.6 Å². The van der Waals surface area contributed by atoms with E-state index in [1.165, 1.54) is 5.69 Å². The van der Waals surface area contributed by atoms with E-state index in [0.717, 1.165) is 88.0 Å². The van der Waals surface area contributed by atoms with Crippen molar-refractivity contribution in [2.45, 2.75) is 65.8 Å². The van der Waals surface area contributed by atoms with E-state index in [-0.39, 0.29) is 5.97 Å². The molecule has 8 nitrogen and oxygen atoms in total. The average Bonchev–Trinajstić information content (AvgIpc) is 3.77. The molecular weight excluding hydrogens is 576 g/mol. The quantitative estimate of drug-likeness (QED) is 0.119. The van der Waals surface area contributed by atoms with Gasteiger partial charge in [-0.15, -0.1) is 0 Å². The number of fused-ring (bicyclic) bond motifs is 10. The van der Waals surface area contributed by atoms with Gasteiger partial charge in [0.1, 0.15) is 11.1 Å². The molecule has 7 rings (SSSR count). The van der Waals surface area contributed by atoms with E-state index >= 15 is 0 Å². The predicted octanol–water partition coefficient (Wildman–Crippen LogP) is 9.65. The first-order chi connectivity index (χ1) is 22.6. The summed E-state index contributed by atoms with van der Waals surface area (Å²) in [6.07, 6.45) is 9.07. The number of furan rings is 1. The third kappa shape index (κ3) is 5.25. The van der Waals surface area contributed by atoms with Crippen molar-refractivity contribution in [3.63, 3.8) is 0 Å². The van der Waals surface area contributed by atoms with Crippen LogP contribution >= 0.6 is 0 Å². The summed E-state index contributed by atoms with van der Waals surface area (Å²) in [4.78, 5) is 24.0. The normalized spacial score (nSPS) is 11.9. The van der Waals surface area contributed by atoms with Gasteiger partial charge < -0.3 is 23.0 Å². The zero-order chi connectivity index (χ0) is 31.6. The number of aryl methyl sites for hydroxylation is 1. The highest BCUT2D eigenvalue weighted by Gasteiger charge is 2.26. The van der Waals surface area contributed by atoms with Crippen molar-refractivity contribution in [3.05, 3.63) is 67.0 Å². The number of esters is 1. The van der Waals surface area contributed by atoms with Crippen LogP contribution in [0.3, 0.4) is 0 Å². The number of oxazole rings is 1. The molecular formula is C38H40N4O4. The monoisotopic (exact) mass is 616 g/mol.